The number of aldehydes is 1. The number of carboxylic acids is 1. The number of carbonyl (C=O) groups is 2. The lowest BCUT2D eigenvalue weighted by Gasteiger charge is -2.03. The maximum absolute atomic E-state index is 10.2. The van der Waals surface area contributed by atoms with Gasteiger partial charge in [-0.25, -0.2) is 4.79 Å². The first-order chi connectivity index (χ1) is 14.0. The van der Waals surface area contributed by atoms with Crippen molar-refractivity contribution < 1.29 is 24.9 Å². The van der Waals surface area contributed by atoms with E-state index in [2.05, 4.69) is 0 Å². The molecule has 0 amide bonds. The fraction of sp³-hybridized carbons (Fsp3) is 0.0870. The van der Waals surface area contributed by atoms with Gasteiger partial charge in [0.2, 0.25) is 0 Å². The van der Waals surface area contributed by atoms with Crippen LogP contribution in [0.25, 0.3) is 6.15 Å². The van der Waals surface area contributed by atoms with Crippen molar-refractivity contribution in [3.8, 4) is 6.07 Å². The number of aliphatic hydroxyl groups is 2. The molecule has 0 bridgehead atoms. The predicted molar refractivity (Wildman–Crippen MR) is 113 cm³/mol. The number of nitriles is 1. The average molecular weight is 407 g/mol. The summed E-state index contributed by atoms with van der Waals surface area (Å²) in [5, 5.41) is 34.6. The van der Waals surface area contributed by atoms with E-state index in [-0.39, 0.29) is 6.15 Å². The Labute approximate surface area is 175 Å². The highest BCUT2D eigenvalue weighted by molar-refractivity contribution is 5.74. The zero-order chi connectivity index (χ0) is 21.5. The van der Waals surface area contributed by atoms with E-state index in [1.165, 1.54) is 0 Å². The average Bonchev–Trinajstić information content (AvgIpc) is 2.80. The Morgan fingerprint density at radius 2 is 1.20 bits per heavy atom. The summed E-state index contributed by atoms with van der Waals surface area (Å²) in [5.41, 5.74) is 1.78. The van der Waals surface area contributed by atoms with Crippen LogP contribution in [-0.2, 0) is 4.79 Å². The molecule has 0 aliphatic carbocycles. The third-order valence-electron chi connectivity index (χ3n) is 3.52. The summed E-state index contributed by atoms with van der Waals surface area (Å²) in [6.45, 7) is 0. The molecule has 0 fully saturated rings. The molecule has 3 aromatic rings. The van der Waals surface area contributed by atoms with Crippen LogP contribution in [0.2, 0.25) is 0 Å². The summed E-state index contributed by atoms with van der Waals surface area (Å²) >= 11 is 0. The fourth-order valence-electron chi connectivity index (χ4n) is 2.02. The third kappa shape index (κ3) is 9.92. The Balaban J connectivity index is 0.000000418. The molecular formula is C23H23N2O5-. The van der Waals surface area contributed by atoms with Gasteiger partial charge in [-0.3, -0.25) is 4.79 Å². The quantitative estimate of drug-likeness (QED) is 0.434. The molecule has 7 heteroatoms. The van der Waals surface area contributed by atoms with Crippen LogP contribution in [0.15, 0.2) is 91.0 Å². The van der Waals surface area contributed by atoms with E-state index in [0.29, 0.717) is 11.1 Å². The number of aliphatic hydroxyl groups excluding tert-OH is 2. The summed E-state index contributed by atoms with van der Waals surface area (Å²) in [5.74, 6) is -1.23. The van der Waals surface area contributed by atoms with Crippen LogP contribution in [0.5, 0.6) is 0 Å². The van der Waals surface area contributed by atoms with E-state index < -0.39 is 18.2 Å². The van der Waals surface area contributed by atoms with Crippen LogP contribution in [0, 0.1) is 11.3 Å². The van der Waals surface area contributed by atoms with Gasteiger partial charge in [0, 0.05) is 5.56 Å². The molecule has 0 aromatic heterocycles. The van der Waals surface area contributed by atoms with Gasteiger partial charge in [-0.05, 0) is 11.1 Å². The number of rotatable bonds is 4. The molecule has 2 atom stereocenters. The molecule has 0 aliphatic heterocycles. The number of aliphatic carboxylic acids is 1. The lowest BCUT2D eigenvalue weighted by Crippen LogP contribution is -2.09. The summed E-state index contributed by atoms with van der Waals surface area (Å²) in [6.07, 6.45) is -1.56. The fourth-order valence-corrected chi connectivity index (χ4v) is 2.02. The van der Waals surface area contributed by atoms with E-state index in [1.807, 2.05) is 24.3 Å². The van der Waals surface area contributed by atoms with E-state index >= 15 is 0 Å². The van der Waals surface area contributed by atoms with Crippen LogP contribution < -0.4 is 0 Å². The first-order valence-electron chi connectivity index (χ1n) is 8.58. The standard InChI is InChI=1S/C8H7NO.C8H8O3.C7H6O.H2N/c9-6-8(10)7-4-2-1-3-5-7;9-7(8(10)11)6-4-2-1-3-5-6;8-6-7-4-2-1-3-5-7;/h1-5,8,10H;1-5,7,9H,(H,10,11);1-6H;1H2/q;;;-1. The molecule has 0 radical (unpaired) electrons. The van der Waals surface area contributed by atoms with Crippen LogP contribution in [0.1, 0.15) is 33.7 Å². The predicted octanol–water partition coefficient (Wildman–Crippen LogP) is 4.26. The van der Waals surface area contributed by atoms with E-state index in [4.69, 9.17) is 20.6 Å². The normalized spacial score (nSPS) is 10.8. The van der Waals surface area contributed by atoms with Crippen molar-refractivity contribution in [1.29, 1.82) is 5.26 Å². The molecule has 5 N–H and O–H groups in total. The lowest BCUT2D eigenvalue weighted by atomic mass is 10.1. The lowest BCUT2D eigenvalue weighted by molar-refractivity contribution is -0.146. The van der Waals surface area contributed by atoms with Crippen molar-refractivity contribution >= 4 is 12.3 Å². The molecule has 2 unspecified atom stereocenters. The second-order valence-electron chi connectivity index (χ2n) is 5.62. The van der Waals surface area contributed by atoms with Gasteiger partial charge in [0.15, 0.2) is 12.2 Å². The van der Waals surface area contributed by atoms with Crippen molar-refractivity contribution in [2.45, 2.75) is 12.2 Å². The summed E-state index contributed by atoms with van der Waals surface area (Å²) in [4.78, 5) is 20.3. The van der Waals surface area contributed by atoms with Gasteiger partial charge in [0.25, 0.3) is 0 Å². The summed E-state index contributed by atoms with van der Waals surface area (Å²) in [7, 11) is 0. The second-order valence-corrected chi connectivity index (χ2v) is 5.62. The highest BCUT2D eigenvalue weighted by Gasteiger charge is 2.14. The van der Waals surface area contributed by atoms with Gasteiger partial charge in [-0.1, -0.05) is 91.0 Å². The summed E-state index contributed by atoms with van der Waals surface area (Å²) in [6, 6.07) is 27.9. The van der Waals surface area contributed by atoms with Crippen molar-refractivity contribution in [3.05, 3.63) is 114 Å². The molecule has 0 saturated carbocycles. The minimum Gasteiger partial charge on any atom is -0.693 e. The Kier molecular flexibility index (Phi) is 13.2. The Bertz CT molecular complexity index is 897. The summed E-state index contributed by atoms with van der Waals surface area (Å²) < 4.78 is 0. The number of carbonyl (C=O) groups excluding carboxylic acids is 1. The molecular weight excluding hydrogens is 384 g/mol. The van der Waals surface area contributed by atoms with Crippen LogP contribution >= 0.6 is 0 Å². The van der Waals surface area contributed by atoms with Crippen molar-refractivity contribution in [1.82, 2.24) is 0 Å². The van der Waals surface area contributed by atoms with Gasteiger partial charge < -0.3 is 21.5 Å². The maximum Gasteiger partial charge on any atom is 0.337 e. The van der Waals surface area contributed by atoms with E-state index in [9.17, 15) is 9.59 Å². The number of hydrogen-bond acceptors (Lipinski definition) is 5. The number of hydrogen-bond donors (Lipinski definition) is 3. The second kappa shape index (κ2) is 15.1. The molecule has 3 rings (SSSR count). The van der Waals surface area contributed by atoms with E-state index in [1.54, 1.807) is 72.8 Å². The smallest absolute Gasteiger partial charge is 0.337 e. The minimum absolute atomic E-state index is 0. The minimum atomic E-state index is -1.41. The SMILES string of the molecule is N#CC(O)c1ccccc1.O=C(O)C(O)c1ccccc1.O=Cc1ccccc1.[NH2-]. The zero-order valence-corrected chi connectivity index (χ0v) is 16.1. The largest absolute Gasteiger partial charge is 0.693 e. The number of nitrogens with zero attached hydrogens (tertiary/aromatic N) is 1. The first kappa shape index (κ1) is 26.2. The maximum atomic E-state index is 10.2. The third-order valence-corrected chi connectivity index (χ3v) is 3.52. The van der Waals surface area contributed by atoms with Crippen molar-refractivity contribution in [2.75, 3.05) is 0 Å². The Morgan fingerprint density at radius 1 is 0.800 bits per heavy atom. The highest BCUT2D eigenvalue weighted by Crippen LogP contribution is 2.11. The molecule has 3 aromatic carbocycles. The van der Waals surface area contributed by atoms with Crippen molar-refractivity contribution in [3.63, 3.8) is 0 Å². The Morgan fingerprint density at radius 3 is 1.53 bits per heavy atom. The molecule has 0 aliphatic rings. The van der Waals surface area contributed by atoms with E-state index in [0.717, 1.165) is 11.8 Å². The van der Waals surface area contributed by atoms with Gasteiger partial charge in [0.05, 0.1) is 6.07 Å². The van der Waals surface area contributed by atoms with Crippen LogP contribution in [0.4, 0.5) is 0 Å². The molecule has 0 spiro atoms. The van der Waals surface area contributed by atoms with Gasteiger partial charge in [0.1, 0.15) is 6.29 Å². The topological polar surface area (TPSA) is 152 Å². The number of nitrogens with two attached hydrogens (primary N) is 1. The molecule has 0 heterocycles. The monoisotopic (exact) mass is 407 g/mol. The van der Waals surface area contributed by atoms with Crippen molar-refractivity contribution in [2.24, 2.45) is 0 Å². The molecule has 0 saturated heterocycles. The first-order valence-corrected chi connectivity index (χ1v) is 8.58. The molecule has 7 nitrogen and oxygen atoms in total. The highest BCUT2D eigenvalue weighted by atomic mass is 16.4. The zero-order valence-electron chi connectivity index (χ0n) is 16.1. The van der Waals surface area contributed by atoms with Gasteiger partial charge in [-0.2, -0.15) is 5.26 Å². The molecule has 156 valence electrons. The molecule has 30 heavy (non-hydrogen) atoms. The Hall–Kier alpha value is -3.83. The van der Waals surface area contributed by atoms with Crippen LogP contribution in [-0.4, -0.2) is 27.6 Å². The van der Waals surface area contributed by atoms with Crippen LogP contribution in [0.3, 0.4) is 0 Å². The van der Waals surface area contributed by atoms with Gasteiger partial charge in [-0.15, -0.1) is 0 Å². The number of benzene rings is 3. The van der Waals surface area contributed by atoms with Gasteiger partial charge >= 0.3 is 5.97 Å². The number of carboxylic acid groups (broad SMARTS) is 1.